The number of nitrogens with one attached hydrogen (secondary N) is 1. The van der Waals surface area contributed by atoms with Gasteiger partial charge < -0.3 is 5.32 Å². The van der Waals surface area contributed by atoms with Gasteiger partial charge in [-0.1, -0.05) is 12.1 Å². The fourth-order valence-corrected chi connectivity index (χ4v) is 2.18. The Morgan fingerprint density at radius 1 is 1.25 bits per heavy atom. The number of rotatable bonds is 4. The summed E-state index contributed by atoms with van der Waals surface area (Å²) < 4.78 is 15.0. The Morgan fingerprint density at radius 3 is 2.95 bits per heavy atom. The minimum atomic E-state index is -0.253. The van der Waals surface area contributed by atoms with Gasteiger partial charge in [-0.15, -0.1) is 0 Å². The summed E-state index contributed by atoms with van der Waals surface area (Å²) in [6.45, 7) is 0.502. The van der Waals surface area contributed by atoms with Crippen LogP contribution < -0.4 is 5.32 Å². The van der Waals surface area contributed by atoms with Crippen molar-refractivity contribution >= 4 is 23.0 Å². The van der Waals surface area contributed by atoms with E-state index in [2.05, 4.69) is 10.4 Å². The van der Waals surface area contributed by atoms with Crippen LogP contribution in [0.3, 0.4) is 0 Å². The molecule has 0 saturated carbocycles. The Labute approximate surface area is 114 Å². The van der Waals surface area contributed by atoms with Crippen LogP contribution in [0.1, 0.15) is 5.56 Å². The Morgan fingerprint density at radius 2 is 2.15 bits per heavy atom. The zero-order chi connectivity index (χ0) is 13.9. The third kappa shape index (κ3) is 2.38. The largest absolute Gasteiger partial charge is 0.329 e. The van der Waals surface area contributed by atoms with E-state index in [1.165, 1.54) is 12.1 Å². The minimum Gasteiger partial charge on any atom is -0.329 e. The summed E-state index contributed by atoms with van der Waals surface area (Å²) in [4.78, 5) is 10.4. The molecule has 0 aliphatic rings. The monoisotopic (exact) mass is 269 g/mol. The smallest absolute Gasteiger partial charge is 0.211 e. The van der Waals surface area contributed by atoms with Gasteiger partial charge in [0.25, 0.3) is 0 Å². The Bertz CT molecular complexity index is 767. The number of amides is 1. The maximum Gasteiger partial charge on any atom is 0.211 e. The number of anilines is 1. The van der Waals surface area contributed by atoms with Gasteiger partial charge in [-0.2, -0.15) is 5.10 Å². The Balaban J connectivity index is 1.94. The van der Waals surface area contributed by atoms with E-state index in [0.717, 1.165) is 22.2 Å². The molecule has 0 fully saturated rings. The number of fused-ring (bicyclic) bond motifs is 1. The molecule has 0 atom stereocenters. The van der Waals surface area contributed by atoms with Crippen LogP contribution in [0.25, 0.3) is 10.9 Å². The van der Waals surface area contributed by atoms with Gasteiger partial charge in [0, 0.05) is 11.1 Å². The van der Waals surface area contributed by atoms with Crippen molar-refractivity contribution in [2.45, 2.75) is 6.54 Å². The molecule has 0 radical (unpaired) electrons. The average Bonchev–Trinajstić information content (AvgIpc) is 2.82. The zero-order valence-corrected chi connectivity index (χ0v) is 10.6. The summed E-state index contributed by atoms with van der Waals surface area (Å²) in [7, 11) is 0. The van der Waals surface area contributed by atoms with E-state index in [1.54, 1.807) is 23.0 Å². The van der Waals surface area contributed by atoms with Crippen LogP contribution in [0.2, 0.25) is 0 Å². The number of benzene rings is 2. The van der Waals surface area contributed by atoms with Gasteiger partial charge in [-0.3, -0.25) is 9.48 Å². The second-order valence-corrected chi connectivity index (χ2v) is 4.47. The summed E-state index contributed by atoms with van der Waals surface area (Å²) in [6.07, 6.45) is 2.36. The lowest BCUT2D eigenvalue weighted by Gasteiger charge is -2.05. The van der Waals surface area contributed by atoms with E-state index >= 15 is 0 Å². The lowest BCUT2D eigenvalue weighted by Crippen LogP contribution is -2.01. The highest BCUT2D eigenvalue weighted by atomic mass is 19.1. The predicted octanol–water partition coefficient (Wildman–Crippen LogP) is 2.79. The van der Waals surface area contributed by atoms with Crippen LogP contribution in [0.5, 0.6) is 0 Å². The molecule has 2 aromatic carbocycles. The number of nitrogens with zero attached hydrogens (tertiary/aromatic N) is 2. The van der Waals surface area contributed by atoms with Crippen LogP contribution in [-0.4, -0.2) is 16.2 Å². The number of halogens is 1. The van der Waals surface area contributed by atoms with Gasteiger partial charge in [0.1, 0.15) is 5.82 Å². The summed E-state index contributed by atoms with van der Waals surface area (Å²) in [6, 6.07) is 12.0. The van der Waals surface area contributed by atoms with Crippen LogP contribution in [0, 0.1) is 5.82 Å². The molecule has 0 aliphatic carbocycles. The van der Waals surface area contributed by atoms with E-state index in [1.807, 2.05) is 18.2 Å². The van der Waals surface area contributed by atoms with Crippen molar-refractivity contribution in [3.8, 4) is 0 Å². The fraction of sp³-hybridized carbons (Fsp3) is 0.0667. The van der Waals surface area contributed by atoms with Crippen LogP contribution >= 0.6 is 0 Å². The van der Waals surface area contributed by atoms with Gasteiger partial charge in [-0.25, -0.2) is 4.39 Å². The quantitative estimate of drug-likeness (QED) is 0.740. The topological polar surface area (TPSA) is 46.9 Å². The number of aromatic nitrogens is 2. The first-order valence-corrected chi connectivity index (χ1v) is 6.16. The standard InChI is InChI=1S/C15H12FN3O/c16-13-3-1-2-11(6-13)9-19-15-5-4-14(17-10-20)7-12(15)8-18-19/h1-8,10H,9H2,(H,17,20). The molecule has 1 heterocycles. The summed E-state index contributed by atoms with van der Waals surface area (Å²) in [5.41, 5.74) is 2.51. The molecule has 0 bridgehead atoms. The molecule has 20 heavy (non-hydrogen) atoms. The van der Waals surface area contributed by atoms with Gasteiger partial charge in [0.15, 0.2) is 0 Å². The summed E-state index contributed by atoms with van der Waals surface area (Å²) in [5, 5.41) is 7.82. The highest BCUT2D eigenvalue weighted by Crippen LogP contribution is 2.19. The van der Waals surface area contributed by atoms with Gasteiger partial charge in [0.2, 0.25) is 6.41 Å². The van der Waals surface area contributed by atoms with E-state index in [0.29, 0.717) is 13.0 Å². The van der Waals surface area contributed by atoms with Crippen molar-refractivity contribution in [1.82, 2.24) is 9.78 Å². The maximum absolute atomic E-state index is 13.2. The zero-order valence-electron chi connectivity index (χ0n) is 10.6. The maximum atomic E-state index is 13.2. The molecule has 3 rings (SSSR count). The number of hydrogen-bond acceptors (Lipinski definition) is 2. The Kier molecular flexibility index (Phi) is 3.16. The first kappa shape index (κ1) is 12.3. The predicted molar refractivity (Wildman–Crippen MR) is 74.9 cm³/mol. The molecule has 0 spiro atoms. The fourth-order valence-electron chi connectivity index (χ4n) is 2.18. The van der Waals surface area contributed by atoms with Crippen LogP contribution in [0.15, 0.2) is 48.7 Å². The van der Waals surface area contributed by atoms with E-state index in [-0.39, 0.29) is 5.82 Å². The Hall–Kier alpha value is -2.69. The second-order valence-electron chi connectivity index (χ2n) is 4.47. The molecule has 0 saturated heterocycles. The van der Waals surface area contributed by atoms with Gasteiger partial charge >= 0.3 is 0 Å². The van der Waals surface area contributed by atoms with Crippen molar-refractivity contribution in [1.29, 1.82) is 0 Å². The lowest BCUT2D eigenvalue weighted by molar-refractivity contribution is -0.105. The molecule has 1 N–H and O–H groups in total. The third-order valence-corrected chi connectivity index (χ3v) is 3.09. The van der Waals surface area contributed by atoms with Crippen molar-refractivity contribution in [2.24, 2.45) is 0 Å². The number of carbonyl (C=O) groups is 1. The molecule has 100 valence electrons. The molecule has 1 aromatic heterocycles. The number of carbonyl (C=O) groups excluding carboxylic acids is 1. The van der Waals surface area contributed by atoms with Crippen LogP contribution in [0.4, 0.5) is 10.1 Å². The number of hydrogen-bond donors (Lipinski definition) is 1. The lowest BCUT2D eigenvalue weighted by atomic mass is 10.2. The van der Waals surface area contributed by atoms with E-state index < -0.39 is 0 Å². The van der Waals surface area contributed by atoms with E-state index in [9.17, 15) is 9.18 Å². The molecular formula is C15H12FN3O. The van der Waals surface area contributed by atoms with Gasteiger partial charge in [-0.05, 0) is 35.9 Å². The first-order valence-electron chi connectivity index (χ1n) is 6.16. The molecule has 4 nitrogen and oxygen atoms in total. The van der Waals surface area contributed by atoms with Crippen molar-refractivity contribution < 1.29 is 9.18 Å². The third-order valence-electron chi connectivity index (χ3n) is 3.09. The summed E-state index contributed by atoms with van der Waals surface area (Å²) in [5.74, 6) is -0.253. The molecule has 3 aromatic rings. The minimum absolute atomic E-state index is 0.253. The highest BCUT2D eigenvalue weighted by Gasteiger charge is 2.05. The SMILES string of the molecule is O=CNc1ccc2c(cnn2Cc2cccc(F)c2)c1. The molecule has 0 aliphatic heterocycles. The van der Waals surface area contributed by atoms with Crippen LogP contribution in [-0.2, 0) is 11.3 Å². The van der Waals surface area contributed by atoms with Crippen molar-refractivity contribution in [3.05, 3.63) is 60.0 Å². The van der Waals surface area contributed by atoms with Crippen molar-refractivity contribution in [2.75, 3.05) is 5.32 Å². The molecular weight excluding hydrogens is 257 g/mol. The second kappa shape index (κ2) is 5.13. The summed E-state index contributed by atoms with van der Waals surface area (Å²) >= 11 is 0. The highest BCUT2D eigenvalue weighted by molar-refractivity contribution is 5.85. The van der Waals surface area contributed by atoms with Crippen molar-refractivity contribution in [3.63, 3.8) is 0 Å². The normalized spacial score (nSPS) is 10.7. The first-order chi connectivity index (χ1) is 9.76. The average molecular weight is 269 g/mol. The molecule has 0 unspecified atom stereocenters. The molecule has 1 amide bonds. The van der Waals surface area contributed by atoms with E-state index in [4.69, 9.17) is 0 Å². The molecule has 5 heteroatoms. The van der Waals surface area contributed by atoms with Gasteiger partial charge in [0.05, 0.1) is 18.3 Å².